The molecule has 186 valence electrons. The van der Waals surface area contributed by atoms with Crippen LogP contribution in [0.5, 0.6) is 5.75 Å². The van der Waals surface area contributed by atoms with E-state index in [2.05, 4.69) is 4.98 Å². The number of nitrogens with zero attached hydrogens (tertiary/aromatic N) is 5. The highest BCUT2D eigenvalue weighted by molar-refractivity contribution is 6.54. The van der Waals surface area contributed by atoms with Gasteiger partial charge in [0.25, 0.3) is 5.91 Å². The zero-order chi connectivity index (χ0) is 25.0. The van der Waals surface area contributed by atoms with Gasteiger partial charge in [0.2, 0.25) is 5.95 Å². The summed E-state index contributed by atoms with van der Waals surface area (Å²) in [6.07, 6.45) is 5.15. The molecular formula is C23H31Cl2N5O4. The van der Waals surface area contributed by atoms with Crippen molar-refractivity contribution in [1.82, 2.24) is 14.1 Å². The van der Waals surface area contributed by atoms with Crippen LogP contribution in [0.15, 0.2) is 33.9 Å². The molecule has 0 saturated heterocycles. The van der Waals surface area contributed by atoms with Crippen molar-refractivity contribution < 1.29 is 9.53 Å². The zero-order valence-electron chi connectivity index (χ0n) is 19.9. The lowest BCUT2D eigenvalue weighted by atomic mass is 9.95. The van der Waals surface area contributed by atoms with Crippen molar-refractivity contribution in [3.05, 3.63) is 45.2 Å². The van der Waals surface area contributed by atoms with E-state index in [4.69, 9.17) is 27.9 Å². The quantitative estimate of drug-likeness (QED) is 0.588. The summed E-state index contributed by atoms with van der Waals surface area (Å²) in [6, 6.07) is 7.29. The molecule has 1 aromatic heterocycles. The molecule has 11 heteroatoms. The molecule has 1 aliphatic heterocycles. The third-order valence-electron chi connectivity index (χ3n) is 6.00. The summed E-state index contributed by atoms with van der Waals surface area (Å²) < 4.78 is 8.28. The van der Waals surface area contributed by atoms with Crippen molar-refractivity contribution in [3.63, 3.8) is 0 Å². The van der Waals surface area contributed by atoms with Gasteiger partial charge in [-0.2, -0.15) is 4.98 Å². The lowest BCUT2D eigenvalue weighted by molar-refractivity contribution is -0.117. The second-order valence-corrected chi connectivity index (χ2v) is 9.83. The first kappa shape index (κ1) is 26.1. The Morgan fingerprint density at radius 2 is 1.79 bits per heavy atom. The molecule has 0 spiro atoms. The maximum atomic E-state index is 12.3. The van der Waals surface area contributed by atoms with Gasteiger partial charge in [0.1, 0.15) is 12.4 Å². The Hall–Kier alpha value is -2.52. The van der Waals surface area contributed by atoms with Gasteiger partial charge in [-0.3, -0.25) is 9.36 Å². The van der Waals surface area contributed by atoms with Crippen LogP contribution in [-0.4, -0.2) is 51.6 Å². The highest BCUT2D eigenvalue weighted by Gasteiger charge is 2.32. The number of para-hydroxylation sites is 2. The average molecular weight is 512 g/mol. The van der Waals surface area contributed by atoms with Crippen molar-refractivity contribution >= 4 is 40.7 Å². The highest BCUT2D eigenvalue weighted by Crippen LogP contribution is 2.34. The third-order valence-corrected chi connectivity index (χ3v) is 6.38. The van der Waals surface area contributed by atoms with E-state index in [0.29, 0.717) is 18.3 Å². The molecule has 1 aliphatic carbocycles. The molecular weight excluding hydrogens is 481 g/mol. The third kappa shape index (κ3) is 5.58. The van der Waals surface area contributed by atoms with Crippen LogP contribution in [0, 0.1) is 0 Å². The maximum absolute atomic E-state index is 12.3. The zero-order valence-corrected chi connectivity index (χ0v) is 21.4. The predicted molar refractivity (Wildman–Crippen MR) is 135 cm³/mol. The summed E-state index contributed by atoms with van der Waals surface area (Å²) in [5.41, 5.74) is 0.0388. The molecule has 1 amide bonds. The molecule has 1 saturated carbocycles. The number of ether oxygens (including phenoxy) is 1. The molecule has 0 N–H and O–H groups in total. The van der Waals surface area contributed by atoms with E-state index in [9.17, 15) is 14.4 Å². The van der Waals surface area contributed by atoms with Gasteiger partial charge >= 0.3 is 11.4 Å². The van der Waals surface area contributed by atoms with Crippen LogP contribution >= 0.6 is 23.2 Å². The summed E-state index contributed by atoms with van der Waals surface area (Å²) in [5.74, 6) is 0.770. The van der Waals surface area contributed by atoms with E-state index in [1.165, 1.54) is 15.6 Å². The smallest absolute Gasteiger partial charge is 0.355 e. The van der Waals surface area contributed by atoms with Crippen LogP contribution in [0.2, 0.25) is 0 Å². The largest absolute Gasteiger partial charge is 0.489 e. The minimum atomic E-state index is -1.05. The summed E-state index contributed by atoms with van der Waals surface area (Å²) >= 11 is 11.3. The van der Waals surface area contributed by atoms with Crippen molar-refractivity contribution in [2.75, 3.05) is 30.5 Å². The van der Waals surface area contributed by atoms with E-state index in [1.807, 2.05) is 31.2 Å². The molecule has 0 bridgehead atoms. The van der Waals surface area contributed by atoms with Crippen molar-refractivity contribution in [3.8, 4) is 5.75 Å². The maximum Gasteiger partial charge on any atom is 0.355 e. The van der Waals surface area contributed by atoms with Crippen molar-refractivity contribution in [2.24, 2.45) is 7.05 Å². The van der Waals surface area contributed by atoms with Gasteiger partial charge in [0.15, 0.2) is 4.84 Å². The number of halogens is 2. The van der Waals surface area contributed by atoms with Gasteiger partial charge in [-0.1, -0.05) is 54.6 Å². The fraction of sp³-hybridized carbons (Fsp3) is 0.565. The van der Waals surface area contributed by atoms with Gasteiger partial charge in [-0.05, 0) is 31.9 Å². The minimum absolute atomic E-state index is 0.0219. The highest BCUT2D eigenvalue weighted by atomic mass is 35.5. The van der Waals surface area contributed by atoms with E-state index >= 15 is 0 Å². The van der Waals surface area contributed by atoms with Gasteiger partial charge in [-0.25, -0.2) is 14.2 Å². The number of amides is 1. The molecule has 2 aromatic rings. The summed E-state index contributed by atoms with van der Waals surface area (Å²) in [7, 11) is 5.20. The van der Waals surface area contributed by atoms with Crippen LogP contribution in [0.4, 0.5) is 11.6 Å². The Bertz CT molecular complexity index is 1130. The monoisotopic (exact) mass is 511 g/mol. The number of carbonyl (C=O) groups is 1. The Kier molecular flexibility index (Phi) is 8.65. The molecule has 34 heavy (non-hydrogen) atoms. The van der Waals surface area contributed by atoms with Gasteiger partial charge in [-0.15, -0.1) is 0 Å². The summed E-state index contributed by atoms with van der Waals surface area (Å²) in [6.45, 7) is 2.34. The normalized spacial score (nSPS) is 18.0. The van der Waals surface area contributed by atoms with Crippen LogP contribution in [0.3, 0.4) is 0 Å². The number of hydrogen-bond donors (Lipinski definition) is 0. The van der Waals surface area contributed by atoms with E-state index in [1.54, 1.807) is 30.9 Å². The lowest BCUT2D eigenvalue weighted by Gasteiger charge is -2.35. The average Bonchev–Trinajstić information content (AvgIpc) is 2.82. The molecule has 1 fully saturated rings. The standard InChI is InChI=1S/C12H20N4O2.C11H11Cl2NO2/c1-14(2)10-13-11(17)16(12(18)15(10)3)9-7-5-4-6-8-9;1-7-6-16-9-5-3-2-4-8(9)14(7)11(15)10(12)13/h9H,4-8H2,1-3H3;2-5,7,10H,6H2,1H3. The molecule has 2 heterocycles. The van der Waals surface area contributed by atoms with Gasteiger partial charge in [0, 0.05) is 27.2 Å². The first-order valence-electron chi connectivity index (χ1n) is 11.3. The first-order valence-corrected chi connectivity index (χ1v) is 12.2. The summed E-state index contributed by atoms with van der Waals surface area (Å²) in [5, 5.41) is 0. The van der Waals surface area contributed by atoms with Crippen LogP contribution in [0.25, 0.3) is 0 Å². The topological polar surface area (TPSA) is 89.7 Å². The molecule has 1 atom stereocenters. The molecule has 2 aliphatic rings. The number of fused-ring (bicyclic) bond motifs is 1. The molecule has 1 aromatic carbocycles. The van der Waals surface area contributed by atoms with Crippen LogP contribution in [0.1, 0.15) is 45.1 Å². The Balaban J connectivity index is 0.000000192. The number of rotatable bonds is 3. The SMILES string of the molecule is CC1COc2ccccc2N1C(=O)C(Cl)Cl.CN(C)c1nc(=O)n(C2CCCCC2)c(=O)n1C. The van der Waals surface area contributed by atoms with E-state index in [0.717, 1.165) is 31.4 Å². The number of alkyl halides is 2. The Labute approximate surface area is 208 Å². The fourth-order valence-electron chi connectivity index (χ4n) is 4.34. The minimum Gasteiger partial charge on any atom is -0.489 e. The van der Waals surface area contributed by atoms with Gasteiger partial charge < -0.3 is 14.5 Å². The molecule has 0 radical (unpaired) electrons. The Morgan fingerprint density at radius 1 is 1.15 bits per heavy atom. The molecule has 1 unspecified atom stereocenters. The number of anilines is 2. The van der Waals surface area contributed by atoms with Crippen LogP contribution < -0.4 is 25.9 Å². The number of benzene rings is 1. The van der Waals surface area contributed by atoms with Crippen molar-refractivity contribution in [1.29, 1.82) is 0 Å². The second-order valence-electron chi connectivity index (χ2n) is 8.73. The van der Waals surface area contributed by atoms with Crippen LogP contribution in [-0.2, 0) is 11.8 Å². The Morgan fingerprint density at radius 3 is 2.41 bits per heavy atom. The van der Waals surface area contributed by atoms with Crippen molar-refractivity contribution in [2.45, 2.75) is 55.9 Å². The number of hydrogen-bond acceptors (Lipinski definition) is 6. The van der Waals surface area contributed by atoms with E-state index in [-0.39, 0.29) is 23.7 Å². The van der Waals surface area contributed by atoms with Gasteiger partial charge in [0.05, 0.1) is 11.7 Å². The number of aromatic nitrogens is 3. The molecule has 9 nitrogen and oxygen atoms in total. The first-order chi connectivity index (χ1) is 16.1. The number of carbonyl (C=O) groups excluding carboxylic acids is 1. The predicted octanol–water partition coefficient (Wildman–Crippen LogP) is 3.12. The molecule has 4 rings (SSSR count). The summed E-state index contributed by atoms with van der Waals surface area (Å²) in [4.78, 5) is 42.4. The lowest BCUT2D eigenvalue weighted by Crippen LogP contribution is -2.47. The second kappa shape index (κ2) is 11.3. The fourth-order valence-corrected chi connectivity index (χ4v) is 4.55. The van der Waals surface area contributed by atoms with E-state index < -0.39 is 10.5 Å².